The van der Waals surface area contributed by atoms with Crippen molar-refractivity contribution in [3.63, 3.8) is 0 Å². The van der Waals surface area contributed by atoms with Crippen LogP contribution in [0.4, 0.5) is 0 Å². The summed E-state index contributed by atoms with van der Waals surface area (Å²) in [5, 5.41) is 7.09. The first-order chi connectivity index (χ1) is 6.70. The molecule has 76 valence electrons. The van der Waals surface area contributed by atoms with Crippen molar-refractivity contribution in [3.05, 3.63) is 29.8 Å². The highest BCUT2D eigenvalue weighted by atomic mass is 32.2. The van der Waals surface area contributed by atoms with Crippen LogP contribution in [0.3, 0.4) is 0 Å². The van der Waals surface area contributed by atoms with Crippen molar-refractivity contribution < 1.29 is 0 Å². The van der Waals surface area contributed by atoms with Crippen LogP contribution in [0.5, 0.6) is 0 Å². The Bertz CT molecular complexity index is 310. The number of rotatable bonds is 5. The third kappa shape index (κ3) is 3.83. The van der Waals surface area contributed by atoms with E-state index < -0.39 is 0 Å². The van der Waals surface area contributed by atoms with Crippen LogP contribution in [0.25, 0.3) is 0 Å². The van der Waals surface area contributed by atoms with E-state index in [-0.39, 0.29) is 5.84 Å². The van der Waals surface area contributed by atoms with E-state index in [4.69, 9.17) is 11.1 Å². The molecular formula is C11H16N2S. The minimum Gasteiger partial charge on any atom is -0.388 e. The molecule has 0 unspecified atom stereocenters. The summed E-state index contributed by atoms with van der Waals surface area (Å²) in [7, 11) is 0. The topological polar surface area (TPSA) is 49.9 Å². The lowest BCUT2D eigenvalue weighted by Gasteiger charge is -2.04. The second-order valence-corrected chi connectivity index (χ2v) is 4.38. The Kier molecular flexibility index (Phi) is 4.53. The quantitative estimate of drug-likeness (QED) is 0.338. The molecule has 3 N–H and O–H groups in total. The van der Waals surface area contributed by atoms with Crippen LogP contribution in [-0.4, -0.2) is 11.6 Å². The zero-order valence-corrected chi connectivity index (χ0v) is 9.23. The van der Waals surface area contributed by atoms with E-state index >= 15 is 0 Å². The van der Waals surface area contributed by atoms with Gasteiger partial charge >= 0.3 is 0 Å². The van der Waals surface area contributed by atoms with E-state index in [0.29, 0.717) is 6.42 Å². The van der Waals surface area contributed by atoms with E-state index in [1.54, 1.807) is 0 Å². The van der Waals surface area contributed by atoms with Crippen molar-refractivity contribution in [2.75, 3.05) is 5.75 Å². The SMILES string of the molecule is Cc1ccccc1SCCCC(=N)N. The van der Waals surface area contributed by atoms with Crippen LogP contribution in [0, 0.1) is 12.3 Å². The highest BCUT2D eigenvalue weighted by Crippen LogP contribution is 2.22. The summed E-state index contributed by atoms with van der Waals surface area (Å²) in [5.41, 5.74) is 6.60. The van der Waals surface area contributed by atoms with Gasteiger partial charge in [-0.3, -0.25) is 5.41 Å². The molecular weight excluding hydrogens is 192 g/mol. The Balaban J connectivity index is 2.31. The van der Waals surface area contributed by atoms with Crippen LogP contribution in [-0.2, 0) is 0 Å². The predicted octanol–water partition coefficient (Wildman–Crippen LogP) is 2.80. The van der Waals surface area contributed by atoms with Crippen LogP contribution in [0.2, 0.25) is 0 Å². The summed E-state index contributed by atoms with van der Waals surface area (Å²) in [6.07, 6.45) is 1.69. The van der Waals surface area contributed by atoms with Crippen molar-refractivity contribution in [1.29, 1.82) is 5.41 Å². The molecule has 0 heterocycles. The number of benzene rings is 1. The number of amidine groups is 1. The van der Waals surface area contributed by atoms with Gasteiger partial charge in [0.15, 0.2) is 0 Å². The molecule has 0 radical (unpaired) electrons. The van der Waals surface area contributed by atoms with Gasteiger partial charge in [0.2, 0.25) is 0 Å². The maximum atomic E-state index is 7.09. The van der Waals surface area contributed by atoms with Crippen molar-refractivity contribution in [3.8, 4) is 0 Å². The third-order valence-electron chi connectivity index (χ3n) is 1.94. The van der Waals surface area contributed by atoms with Gasteiger partial charge in [-0.15, -0.1) is 11.8 Å². The molecule has 0 fully saturated rings. The predicted molar refractivity (Wildman–Crippen MR) is 63.1 cm³/mol. The molecule has 0 amide bonds. The molecule has 0 saturated heterocycles. The average molecular weight is 208 g/mol. The summed E-state index contributed by atoms with van der Waals surface area (Å²) in [4.78, 5) is 1.33. The first-order valence-electron chi connectivity index (χ1n) is 4.71. The van der Waals surface area contributed by atoms with Crippen molar-refractivity contribution >= 4 is 17.6 Å². The second kappa shape index (κ2) is 5.70. The van der Waals surface area contributed by atoms with Gasteiger partial charge in [-0.25, -0.2) is 0 Å². The van der Waals surface area contributed by atoms with Gasteiger partial charge in [0.1, 0.15) is 0 Å². The van der Waals surface area contributed by atoms with E-state index in [9.17, 15) is 0 Å². The van der Waals surface area contributed by atoms with Gasteiger partial charge in [-0.1, -0.05) is 18.2 Å². The van der Waals surface area contributed by atoms with Crippen LogP contribution in [0.15, 0.2) is 29.2 Å². The zero-order valence-electron chi connectivity index (χ0n) is 8.42. The first-order valence-corrected chi connectivity index (χ1v) is 5.70. The maximum absolute atomic E-state index is 7.09. The van der Waals surface area contributed by atoms with Crippen LogP contribution < -0.4 is 5.73 Å². The summed E-state index contributed by atoms with van der Waals surface area (Å²) >= 11 is 1.84. The first kappa shape index (κ1) is 11.1. The number of nitrogens with two attached hydrogens (primary N) is 1. The maximum Gasteiger partial charge on any atom is 0.0905 e. The van der Waals surface area contributed by atoms with E-state index in [1.807, 2.05) is 11.8 Å². The average Bonchev–Trinajstić information content (AvgIpc) is 2.15. The lowest BCUT2D eigenvalue weighted by atomic mass is 10.2. The Morgan fingerprint density at radius 1 is 1.43 bits per heavy atom. The fourth-order valence-electron chi connectivity index (χ4n) is 1.16. The van der Waals surface area contributed by atoms with E-state index in [1.165, 1.54) is 10.5 Å². The zero-order chi connectivity index (χ0) is 10.4. The van der Waals surface area contributed by atoms with Crippen molar-refractivity contribution in [2.45, 2.75) is 24.7 Å². The number of hydrogen-bond donors (Lipinski definition) is 2. The monoisotopic (exact) mass is 208 g/mol. The molecule has 0 bridgehead atoms. The fraction of sp³-hybridized carbons (Fsp3) is 0.364. The molecule has 14 heavy (non-hydrogen) atoms. The summed E-state index contributed by atoms with van der Waals surface area (Å²) in [6, 6.07) is 8.36. The van der Waals surface area contributed by atoms with E-state index in [2.05, 4.69) is 31.2 Å². The Labute approximate surface area is 89.4 Å². The minimum absolute atomic E-state index is 0.287. The molecule has 0 saturated carbocycles. The fourth-order valence-corrected chi connectivity index (χ4v) is 2.14. The number of nitrogens with one attached hydrogen (secondary N) is 1. The molecule has 0 spiro atoms. The molecule has 2 nitrogen and oxygen atoms in total. The molecule has 0 aliphatic heterocycles. The molecule has 0 aliphatic carbocycles. The standard InChI is InChI=1S/C11H16N2S/c1-9-5-2-3-6-10(9)14-8-4-7-11(12)13/h2-3,5-6H,4,7-8H2,1H3,(H3,12,13). The van der Waals surface area contributed by atoms with Crippen molar-refractivity contribution in [2.24, 2.45) is 5.73 Å². The normalized spacial score (nSPS) is 10.1. The molecule has 1 aromatic rings. The molecule has 0 atom stereocenters. The lowest BCUT2D eigenvalue weighted by Crippen LogP contribution is -2.08. The molecule has 1 rings (SSSR count). The Morgan fingerprint density at radius 3 is 2.79 bits per heavy atom. The Morgan fingerprint density at radius 2 is 2.14 bits per heavy atom. The molecule has 1 aromatic carbocycles. The van der Waals surface area contributed by atoms with Gasteiger partial charge < -0.3 is 5.73 Å². The highest BCUT2D eigenvalue weighted by Gasteiger charge is 1.97. The largest absolute Gasteiger partial charge is 0.388 e. The number of hydrogen-bond acceptors (Lipinski definition) is 2. The van der Waals surface area contributed by atoms with Gasteiger partial charge in [-0.05, 0) is 30.7 Å². The van der Waals surface area contributed by atoms with Gasteiger partial charge in [-0.2, -0.15) is 0 Å². The summed E-state index contributed by atoms with van der Waals surface area (Å²) in [6.45, 7) is 2.12. The van der Waals surface area contributed by atoms with Crippen LogP contribution >= 0.6 is 11.8 Å². The highest BCUT2D eigenvalue weighted by molar-refractivity contribution is 7.99. The Hall–Kier alpha value is -0.960. The molecule has 3 heteroatoms. The van der Waals surface area contributed by atoms with Gasteiger partial charge in [0.25, 0.3) is 0 Å². The third-order valence-corrected chi connectivity index (χ3v) is 3.20. The van der Waals surface area contributed by atoms with Crippen LogP contribution in [0.1, 0.15) is 18.4 Å². The smallest absolute Gasteiger partial charge is 0.0905 e. The summed E-state index contributed by atoms with van der Waals surface area (Å²) in [5.74, 6) is 1.32. The van der Waals surface area contributed by atoms with Crippen molar-refractivity contribution in [1.82, 2.24) is 0 Å². The van der Waals surface area contributed by atoms with Gasteiger partial charge in [0, 0.05) is 11.3 Å². The summed E-state index contributed by atoms with van der Waals surface area (Å²) < 4.78 is 0. The minimum atomic E-state index is 0.287. The second-order valence-electron chi connectivity index (χ2n) is 3.24. The van der Waals surface area contributed by atoms with E-state index in [0.717, 1.165) is 12.2 Å². The van der Waals surface area contributed by atoms with Gasteiger partial charge in [0.05, 0.1) is 5.84 Å². The molecule has 0 aliphatic rings. The number of aryl methyl sites for hydroxylation is 1. The lowest BCUT2D eigenvalue weighted by molar-refractivity contribution is 0.988. The molecule has 0 aromatic heterocycles. The number of thioether (sulfide) groups is 1.